The minimum atomic E-state index is -0.175. The van der Waals surface area contributed by atoms with E-state index >= 15 is 0 Å². The van der Waals surface area contributed by atoms with Crippen molar-refractivity contribution in [3.63, 3.8) is 0 Å². The Morgan fingerprint density at radius 3 is 2.25 bits per heavy atom. The summed E-state index contributed by atoms with van der Waals surface area (Å²) in [7, 11) is 0. The molecule has 0 aromatic rings. The van der Waals surface area contributed by atoms with Crippen LogP contribution >= 0.6 is 24.3 Å². The first-order valence-electron chi connectivity index (χ1n) is 3.48. The van der Waals surface area contributed by atoms with Crippen LogP contribution in [0.15, 0.2) is 0 Å². The van der Waals surface area contributed by atoms with Gasteiger partial charge in [0.05, 0.1) is 24.3 Å². The fourth-order valence-corrected chi connectivity index (χ4v) is 1.00. The van der Waals surface area contributed by atoms with Crippen LogP contribution in [0.25, 0.3) is 0 Å². The van der Waals surface area contributed by atoms with E-state index in [0.717, 1.165) is 12.0 Å². The zero-order chi connectivity index (χ0) is 8.91. The Balaban J connectivity index is 0. The van der Waals surface area contributed by atoms with E-state index < -0.39 is 0 Å². The molecule has 0 spiro atoms. The maximum atomic E-state index is 5.29. The quantitative estimate of drug-likeness (QED) is 0.401. The molecule has 0 aliphatic rings. The molecule has 68 valence electrons. The molecule has 0 aromatic carbocycles. The second kappa shape index (κ2) is 7.59. The number of hydrogen-bond donors (Lipinski definition) is 0. The molecule has 0 atom stereocenters. The second-order valence-corrected chi connectivity index (χ2v) is 4.30. The molecule has 12 heavy (non-hydrogen) atoms. The van der Waals surface area contributed by atoms with Gasteiger partial charge in [-0.2, -0.15) is 0 Å². The predicted molar refractivity (Wildman–Crippen MR) is 59.8 cm³/mol. The van der Waals surface area contributed by atoms with E-state index in [4.69, 9.17) is 21.1 Å². The van der Waals surface area contributed by atoms with Gasteiger partial charge in [-0.05, 0) is 39.9 Å². The van der Waals surface area contributed by atoms with Gasteiger partial charge in [0.25, 0.3) is 0 Å². The molecule has 0 saturated carbocycles. The van der Waals surface area contributed by atoms with E-state index in [9.17, 15) is 0 Å². The third-order valence-corrected chi connectivity index (χ3v) is 1.78. The van der Waals surface area contributed by atoms with Gasteiger partial charge in [-0.25, -0.2) is 0 Å². The molecular weight excluding hydrogens is 203 g/mol. The molecule has 0 amide bonds. The molecule has 0 fully saturated rings. The van der Waals surface area contributed by atoms with E-state index in [1.807, 2.05) is 27.7 Å². The molecule has 5 heteroatoms. The summed E-state index contributed by atoms with van der Waals surface area (Å²) in [5.41, 5.74) is -0.175. The first-order valence-corrected chi connectivity index (χ1v) is 4.63. The predicted octanol–water partition coefficient (Wildman–Crippen LogP) is 2.12. The van der Waals surface area contributed by atoms with Crippen LogP contribution in [0, 0.1) is 0 Å². The van der Waals surface area contributed by atoms with Crippen molar-refractivity contribution in [2.24, 2.45) is 0 Å². The fourth-order valence-electron chi connectivity index (χ4n) is 0.301. The summed E-state index contributed by atoms with van der Waals surface area (Å²) < 4.78 is 10.7. The normalized spacial score (nSPS) is 10.3. The Labute approximate surface area is 106 Å². The van der Waals surface area contributed by atoms with Crippen LogP contribution in [0.5, 0.6) is 0 Å². The molecule has 0 aliphatic carbocycles. The molecule has 0 N–H and O–H groups in total. The summed E-state index contributed by atoms with van der Waals surface area (Å²) in [6.45, 7) is 8.39. The second-order valence-electron chi connectivity index (χ2n) is 2.96. The molecule has 2 nitrogen and oxygen atoms in total. The molecule has 0 saturated heterocycles. The summed E-state index contributed by atoms with van der Waals surface area (Å²) in [6, 6.07) is 0. The molecule has 0 unspecified atom stereocenters. The van der Waals surface area contributed by atoms with Gasteiger partial charge in [0, 0.05) is 0 Å². The molecule has 0 rings (SSSR count). The van der Waals surface area contributed by atoms with Crippen molar-refractivity contribution in [2.45, 2.75) is 33.3 Å². The van der Waals surface area contributed by atoms with Gasteiger partial charge in [-0.1, -0.05) is 0 Å². The minimum absolute atomic E-state index is 0. The van der Waals surface area contributed by atoms with Crippen molar-refractivity contribution in [1.29, 1.82) is 0 Å². The molecule has 0 radical (unpaired) electrons. The van der Waals surface area contributed by atoms with E-state index in [1.54, 1.807) is 0 Å². The number of rotatable bonds is 2. The van der Waals surface area contributed by atoms with Crippen LogP contribution in [0.1, 0.15) is 27.7 Å². The van der Waals surface area contributed by atoms with Crippen LogP contribution in [-0.2, 0) is 8.92 Å². The summed E-state index contributed by atoms with van der Waals surface area (Å²) in [5, 5.41) is 0. The molecule has 0 aromatic heterocycles. The van der Waals surface area contributed by atoms with Gasteiger partial charge in [0.15, 0.2) is 0 Å². The Morgan fingerprint density at radius 1 is 1.42 bits per heavy atom. The van der Waals surface area contributed by atoms with Crippen molar-refractivity contribution in [1.82, 2.24) is 0 Å². The van der Waals surface area contributed by atoms with Crippen molar-refractivity contribution >= 4 is 58.2 Å². The van der Waals surface area contributed by atoms with E-state index in [2.05, 4.69) is 0 Å². The summed E-state index contributed by atoms with van der Waals surface area (Å²) >= 11 is 5.95. The number of thiocarbonyl (C=S) groups is 1. The van der Waals surface area contributed by atoms with Gasteiger partial charge >= 0.3 is 29.6 Å². The van der Waals surface area contributed by atoms with Gasteiger partial charge in [-0.3, -0.25) is 0 Å². The first kappa shape index (κ1) is 15.7. The van der Waals surface area contributed by atoms with Crippen LogP contribution in [0.2, 0.25) is 0 Å². The van der Waals surface area contributed by atoms with Crippen molar-refractivity contribution < 1.29 is 8.92 Å². The molecule has 0 bridgehead atoms. The average Bonchev–Trinajstić information content (AvgIpc) is 1.83. The molecular formula is C7H15NaO2S2. The third kappa shape index (κ3) is 11.2. The molecule has 0 heterocycles. The van der Waals surface area contributed by atoms with Gasteiger partial charge in [-0.15, -0.1) is 0 Å². The summed E-state index contributed by atoms with van der Waals surface area (Å²) in [5.74, 6) is 0. The van der Waals surface area contributed by atoms with Gasteiger partial charge < -0.3 is 8.92 Å². The standard InChI is InChI=1S/C7H14O2S2.Na.H/c1-5-8-6(10)11-9-7(2,3)4;;/h5H2,1-4H3;;. The van der Waals surface area contributed by atoms with E-state index in [-0.39, 0.29) is 35.2 Å². The van der Waals surface area contributed by atoms with E-state index in [0.29, 0.717) is 11.0 Å². The Morgan fingerprint density at radius 2 is 1.92 bits per heavy atom. The van der Waals surface area contributed by atoms with Crippen LogP contribution in [0.3, 0.4) is 0 Å². The summed E-state index contributed by atoms with van der Waals surface area (Å²) in [4.78, 5) is 0. The fraction of sp³-hybridized carbons (Fsp3) is 0.857. The van der Waals surface area contributed by atoms with Crippen molar-refractivity contribution in [2.75, 3.05) is 6.61 Å². The third-order valence-electron chi connectivity index (χ3n) is 0.622. The SMILES string of the molecule is CCOC(=S)SOC(C)(C)C.[NaH]. The number of hydrogen-bond acceptors (Lipinski definition) is 4. The van der Waals surface area contributed by atoms with Crippen molar-refractivity contribution in [3.8, 4) is 0 Å². The monoisotopic (exact) mass is 218 g/mol. The summed E-state index contributed by atoms with van der Waals surface area (Å²) in [6.07, 6.45) is 0. The van der Waals surface area contributed by atoms with Crippen LogP contribution in [0.4, 0.5) is 0 Å². The van der Waals surface area contributed by atoms with Gasteiger partial charge in [0.2, 0.25) is 4.38 Å². The topological polar surface area (TPSA) is 18.5 Å². The average molecular weight is 218 g/mol. The van der Waals surface area contributed by atoms with E-state index in [1.165, 1.54) is 0 Å². The van der Waals surface area contributed by atoms with Crippen molar-refractivity contribution in [3.05, 3.63) is 0 Å². The maximum absolute atomic E-state index is 5.29. The van der Waals surface area contributed by atoms with Crippen LogP contribution < -0.4 is 0 Å². The zero-order valence-electron chi connectivity index (χ0n) is 7.34. The van der Waals surface area contributed by atoms with Crippen LogP contribution in [-0.4, -0.2) is 46.1 Å². The first-order chi connectivity index (χ1) is 4.95. The Kier molecular flexibility index (Phi) is 9.91. The van der Waals surface area contributed by atoms with Gasteiger partial charge in [0.1, 0.15) is 0 Å². The zero-order valence-corrected chi connectivity index (χ0v) is 8.97. The Bertz CT molecular complexity index is 134. The molecule has 0 aliphatic heterocycles. The number of ether oxygens (including phenoxy) is 1. The Hall–Kier alpha value is 1.20.